The number of amides is 2. The highest BCUT2D eigenvalue weighted by molar-refractivity contribution is 8.18. The van der Waals surface area contributed by atoms with Gasteiger partial charge in [0.05, 0.1) is 4.91 Å². The Labute approximate surface area is 154 Å². The van der Waals surface area contributed by atoms with Crippen LogP contribution < -0.4 is 10.1 Å². The number of nitrogens with one attached hydrogen (secondary N) is 1. The fourth-order valence-electron chi connectivity index (χ4n) is 2.84. The molecule has 4 rings (SSSR count). The maximum Gasteiger partial charge on any atom is 0.290 e. The normalized spacial score (nSPS) is 15.5. The Hall–Kier alpha value is -3.05. The Morgan fingerprint density at radius 3 is 2.46 bits per heavy atom. The van der Waals surface area contributed by atoms with Crippen LogP contribution in [0.1, 0.15) is 11.1 Å². The standard InChI is InChI=1S/C21H15NO3S/c23-20-19(26-21(24)22-20)12-17-16-9-5-4-8-15(16)10-11-18(17)25-13-14-6-2-1-3-7-14/h1-12H,13H2,(H,22,23,24)/b19-12+. The van der Waals surface area contributed by atoms with E-state index < -0.39 is 0 Å². The van der Waals surface area contributed by atoms with E-state index in [-0.39, 0.29) is 11.1 Å². The first-order chi connectivity index (χ1) is 12.7. The highest BCUT2D eigenvalue weighted by Crippen LogP contribution is 2.34. The smallest absolute Gasteiger partial charge is 0.290 e. The van der Waals surface area contributed by atoms with E-state index >= 15 is 0 Å². The van der Waals surface area contributed by atoms with Crippen molar-refractivity contribution in [3.05, 3.63) is 82.8 Å². The van der Waals surface area contributed by atoms with E-state index in [2.05, 4.69) is 5.32 Å². The van der Waals surface area contributed by atoms with Crippen molar-refractivity contribution in [3.63, 3.8) is 0 Å². The molecule has 4 nitrogen and oxygen atoms in total. The van der Waals surface area contributed by atoms with Gasteiger partial charge in [0.2, 0.25) is 0 Å². The van der Waals surface area contributed by atoms with Gasteiger partial charge in [0.15, 0.2) is 0 Å². The summed E-state index contributed by atoms with van der Waals surface area (Å²) in [5.41, 5.74) is 1.86. The summed E-state index contributed by atoms with van der Waals surface area (Å²) in [6, 6.07) is 21.7. The van der Waals surface area contributed by atoms with Gasteiger partial charge in [0.25, 0.3) is 11.1 Å². The first-order valence-corrected chi connectivity index (χ1v) is 8.96. The molecule has 0 unspecified atom stereocenters. The average Bonchev–Trinajstić information content (AvgIpc) is 2.99. The molecule has 5 heteroatoms. The predicted octanol–water partition coefficient (Wildman–Crippen LogP) is 4.74. The second kappa shape index (κ2) is 7.06. The lowest BCUT2D eigenvalue weighted by Crippen LogP contribution is -2.17. The number of carbonyl (C=O) groups is 2. The lowest BCUT2D eigenvalue weighted by molar-refractivity contribution is -0.115. The molecular formula is C21H15NO3S. The summed E-state index contributed by atoms with van der Waals surface area (Å²) in [6.45, 7) is 0.424. The average molecular weight is 361 g/mol. The molecule has 3 aromatic rings. The monoisotopic (exact) mass is 361 g/mol. The van der Waals surface area contributed by atoms with Gasteiger partial charge in [0, 0.05) is 5.56 Å². The molecule has 128 valence electrons. The predicted molar refractivity (Wildman–Crippen MR) is 104 cm³/mol. The summed E-state index contributed by atoms with van der Waals surface area (Å²) in [4.78, 5) is 23.8. The van der Waals surface area contributed by atoms with Gasteiger partial charge in [-0.3, -0.25) is 14.9 Å². The van der Waals surface area contributed by atoms with Gasteiger partial charge in [-0.15, -0.1) is 0 Å². The van der Waals surface area contributed by atoms with Crippen molar-refractivity contribution in [2.75, 3.05) is 0 Å². The number of hydrogen-bond acceptors (Lipinski definition) is 4. The summed E-state index contributed by atoms with van der Waals surface area (Å²) in [6.07, 6.45) is 1.73. The Balaban J connectivity index is 1.76. The molecule has 2 amide bonds. The first kappa shape index (κ1) is 16.4. The molecule has 0 spiro atoms. The van der Waals surface area contributed by atoms with Crippen molar-refractivity contribution in [3.8, 4) is 5.75 Å². The van der Waals surface area contributed by atoms with Crippen molar-refractivity contribution in [2.24, 2.45) is 0 Å². The van der Waals surface area contributed by atoms with Gasteiger partial charge < -0.3 is 4.74 Å². The molecule has 0 aliphatic carbocycles. The fourth-order valence-corrected chi connectivity index (χ4v) is 3.50. The number of rotatable bonds is 4. The highest BCUT2D eigenvalue weighted by Gasteiger charge is 2.25. The van der Waals surface area contributed by atoms with Gasteiger partial charge in [-0.05, 0) is 40.2 Å². The van der Waals surface area contributed by atoms with Crippen LogP contribution in [0.3, 0.4) is 0 Å². The Bertz CT molecular complexity index is 1030. The van der Waals surface area contributed by atoms with Gasteiger partial charge in [-0.2, -0.15) is 0 Å². The van der Waals surface area contributed by atoms with E-state index in [1.165, 1.54) is 0 Å². The molecular weight excluding hydrogens is 346 g/mol. The van der Waals surface area contributed by atoms with Crippen LogP contribution in [0.4, 0.5) is 4.79 Å². The van der Waals surface area contributed by atoms with Crippen molar-refractivity contribution in [2.45, 2.75) is 6.61 Å². The summed E-state index contributed by atoms with van der Waals surface area (Å²) in [5.74, 6) is 0.301. The topological polar surface area (TPSA) is 55.4 Å². The lowest BCUT2D eigenvalue weighted by Gasteiger charge is -2.12. The minimum atomic E-state index is -0.373. The fraction of sp³-hybridized carbons (Fsp3) is 0.0476. The number of imide groups is 1. The van der Waals surface area contributed by atoms with Crippen molar-refractivity contribution >= 4 is 39.8 Å². The SMILES string of the molecule is O=C1NC(=O)/C(=C\c2c(OCc3ccccc3)ccc3ccccc23)S1. The lowest BCUT2D eigenvalue weighted by atomic mass is 10.0. The van der Waals surface area contributed by atoms with Crippen molar-refractivity contribution in [1.29, 1.82) is 0 Å². The highest BCUT2D eigenvalue weighted by atomic mass is 32.2. The summed E-state index contributed by atoms with van der Waals surface area (Å²) in [7, 11) is 0. The number of carbonyl (C=O) groups excluding carboxylic acids is 2. The number of ether oxygens (including phenoxy) is 1. The Morgan fingerprint density at radius 2 is 1.69 bits per heavy atom. The van der Waals surface area contributed by atoms with Gasteiger partial charge >= 0.3 is 0 Å². The molecule has 0 aromatic heterocycles. The zero-order chi connectivity index (χ0) is 17.9. The number of hydrogen-bond donors (Lipinski definition) is 1. The molecule has 0 saturated carbocycles. The second-order valence-corrected chi connectivity index (χ2v) is 6.84. The first-order valence-electron chi connectivity index (χ1n) is 8.14. The second-order valence-electron chi connectivity index (χ2n) is 5.83. The summed E-state index contributed by atoms with van der Waals surface area (Å²) in [5, 5.41) is 3.95. The maximum absolute atomic E-state index is 12.0. The molecule has 26 heavy (non-hydrogen) atoms. The Kier molecular flexibility index (Phi) is 4.46. The zero-order valence-corrected chi connectivity index (χ0v) is 14.6. The molecule has 3 aromatic carbocycles. The van der Waals surface area contributed by atoms with Crippen molar-refractivity contribution < 1.29 is 14.3 Å². The van der Waals surface area contributed by atoms with Crippen LogP contribution in [0.2, 0.25) is 0 Å². The van der Waals surface area contributed by atoms with E-state index in [1.807, 2.05) is 66.7 Å². The number of fused-ring (bicyclic) bond motifs is 1. The number of thioether (sulfide) groups is 1. The molecule has 1 fully saturated rings. The van der Waals surface area contributed by atoms with Gasteiger partial charge in [-0.25, -0.2) is 0 Å². The third-order valence-corrected chi connectivity index (χ3v) is 4.90. The molecule has 1 saturated heterocycles. The molecule has 0 bridgehead atoms. The quantitative estimate of drug-likeness (QED) is 0.682. The van der Waals surface area contributed by atoms with Crippen LogP contribution in [0.5, 0.6) is 5.75 Å². The summed E-state index contributed by atoms with van der Waals surface area (Å²) >= 11 is 0.906. The largest absolute Gasteiger partial charge is 0.488 e. The minimum absolute atomic E-state index is 0.353. The molecule has 1 heterocycles. The zero-order valence-electron chi connectivity index (χ0n) is 13.8. The van der Waals surface area contributed by atoms with Gasteiger partial charge in [-0.1, -0.05) is 60.7 Å². The summed E-state index contributed by atoms with van der Waals surface area (Å²) < 4.78 is 6.03. The molecule has 0 radical (unpaired) electrons. The van der Waals surface area contributed by atoms with Gasteiger partial charge in [0.1, 0.15) is 12.4 Å². The van der Waals surface area contributed by atoms with E-state index in [0.29, 0.717) is 17.3 Å². The Morgan fingerprint density at radius 1 is 0.923 bits per heavy atom. The molecule has 1 aliphatic rings. The third-order valence-electron chi connectivity index (χ3n) is 4.09. The van der Waals surface area contributed by atoms with Crippen LogP contribution in [0.25, 0.3) is 16.8 Å². The van der Waals surface area contributed by atoms with E-state index in [0.717, 1.165) is 33.7 Å². The number of benzene rings is 3. The van der Waals surface area contributed by atoms with Crippen LogP contribution in [0, 0.1) is 0 Å². The molecule has 0 atom stereocenters. The van der Waals surface area contributed by atoms with E-state index in [1.54, 1.807) is 6.08 Å². The van der Waals surface area contributed by atoms with E-state index in [9.17, 15) is 9.59 Å². The molecule has 1 aliphatic heterocycles. The third kappa shape index (κ3) is 3.34. The van der Waals surface area contributed by atoms with Crippen LogP contribution >= 0.6 is 11.8 Å². The van der Waals surface area contributed by atoms with Crippen LogP contribution in [0.15, 0.2) is 71.6 Å². The van der Waals surface area contributed by atoms with Crippen LogP contribution in [-0.2, 0) is 11.4 Å². The maximum atomic E-state index is 12.0. The minimum Gasteiger partial charge on any atom is -0.488 e. The van der Waals surface area contributed by atoms with Crippen LogP contribution in [-0.4, -0.2) is 11.1 Å². The van der Waals surface area contributed by atoms with Crippen molar-refractivity contribution in [1.82, 2.24) is 5.32 Å². The molecule has 1 N–H and O–H groups in total. The van der Waals surface area contributed by atoms with E-state index in [4.69, 9.17) is 4.74 Å².